The van der Waals surface area contributed by atoms with Crippen LogP contribution in [0.25, 0.3) is 0 Å². The maximum Gasteiger partial charge on any atom is 0.251 e. The third-order valence-corrected chi connectivity index (χ3v) is 3.60. The number of benzene rings is 1. The first kappa shape index (κ1) is 17.6. The monoisotopic (exact) mass is 330 g/mol. The Labute approximate surface area is 141 Å². The van der Waals surface area contributed by atoms with Crippen molar-refractivity contribution in [3.8, 4) is 17.2 Å². The van der Waals surface area contributed by atoms with Crippen molar-refractivity contribution >= 4 is 5.91 Å². The first-order chi connectivity index (χ1) is 11.6. The van der Waals surface area contributed by atoms with Gasteiger partial charge in [-0.25, -0.2) is 0 Å². The molecule has 0 aliphatic heterocycles. The van der Waals surface area contributed by atoms with Gasteiger partial charge < -0.3 is 19.5 Å². The summed E-state index contributed by atoms with van der Waals surface area (Å²) in [4.78, 5) is 16.6. The van der Waals surface area contributed by atoms with E-state index < -0.39 is 0 Å². The lowest BCUT2D eigenvalue weighted by molar-refractivity contribution is 0.0953. The molecule has 6 nitrogen and oxygen atoms in total. The highest BCUT2D eigenvalue weighted by atomic mass is 16.5. The van der Waals surface area contributed by atoms with E-state index in [0.717, 1.165) is 11.3 Å². The van der Waals surface area contributed by atoms with Crippen LogP contribution in [0.3, 0.4) is 0 Å². The van der Waals surface area contributed by atoms with Gasteiger partial charge in [0.1, 0.15) is 0 Å². The minimum absolute atomic E-state index is 0.200. The molecule has 0 atom stereocenters. The highest BCUT2D eigenvalue weighted by Crippen LogP contribution is 2.38. The van der Waals surface area contributed by atoms with E-state index in [-0.39, 0.29) is 5.91 Å². The number of hydrogen-bond donors (Lipinski definition) is 1. The van der Waals surface area contributed by atoms with Gasteiger partial charge in [-0.1, -0.05) is 6.07 Å². The van der Waals surface area contributed by atoms with Gasteiger partial charge in [-0.15, -0.1) is 0 Å². The molecular formula is C18H22N2O4. The van der Waals surface area contributed by atoms with Gasteiger partial charge in [0.2, 0.25) is 5.75 Å². The summed E-state index contributed by atoms with van der Waals surface area (Å²) in [6.45, 7) is 2.45. The minimum Gasteiger partial charge on any atom is -0.493 e. The maximum atomic E-state index is 12.3. The number of pyridine rings is 1. The smallest absolute Gasteiger partial charge is 0.251 e. The van der Waals surface area contributed by atoms with Crippen molar-refractivity contribution in [1.29, 1.82) is 0 Å². The molecule has 1 N–H and O–H groups in total. The average Bonchev–Trinajstić information content (AvgIpc) is 2.61. The number of carbonyl (C=O) groups is 1. The number of nitrogens with one attached hydrogen (secondary N) is 1. The highest BCUT2D eigenvalue weighted by molar-refractivity contribution is 5.95. The van der Waals surface area contributed by atoms with Gasteiger partial charge in [0.15, 0.2) is 11.5 Å². The SMILES string of the molecule is COc1cc(C(=O)NCCc2ccc(C)nc2)cc(OC)c1OC. The largest absolute Gasteiger partial charge is 0.493 e. The molecule has 2 aromatic rings. The first-order valence-electron chi connectivity index (χ1n) is 7.58. The molecule has 0 aliphatic carbocycles. The van der Waals surface area contributed by atoms with E-state index in [1.54, 1.807) is 12.1 Å². The molecule has 24 heavy (non-hydrogen) atoms. The summed E-state index contributed by atoms with van der Waals surface area (Å²) in [6, 6.07) is 7.22. The molecular weight excluding hydrogens is 308 g/mol. The van der Waals surface area contributed by atoms with Crippen molar-refractivity contribution in [3.63, 3.8) is 0 Å². The number of rotatable bonds is 7. The third-order valence-electron chi connectivity index (χ3n) is 3.60. The van der Waals surface area contributed by atoms with E-state index in [9.17, 15) is 4.79 Å². The fourth-order valence-electron chi connectivity index (χ4n) is 2.28. The highest BCUT2D eigenvalue weighted by Gasteiger charge is 2.16. The summed E-state index contributed by atoms with van der Waals surface area (Å²) in [6.07, 6.45) is 2.53. The van der Waals surface area contributed by atoms with Crippen molar-refractivity contribution in [2.75, 3.05) is 27.9 Å². The Balaban J connectivity index is 2.05. The molecule has 0 unspecified atom stereocenters. The normalized spacial score (nSPS) is 10.2. The van der Waals surface area contributed by atoms with E-state index in [2.05, 4.69) is 10.3 Å². The Hall–Kier alpha value is -2.76. The number of amides is 1. The molecule has 1 aromatic heterocycles. The van der Waals surface area contributed by atoms with Gasteiger partial charge in [0.25, 0.3) is 5.91 Å². The standard InChI is InChI=1S/C18H22N2O4/c1-12-5-6-13(11-20-12)7-8-19-18(21)14-9-15(22-2)17(24-4)16(10-14)23-3/h5-6,9-11H,7-8H2,1-4H3,(H,19,21). The molecule has 1 aromatic carbocycles. The van der Waals surface area contributed by atoms with Crippen LogP contribution in [0.15, 0.2) is 30.5 Å². The van der Waals surface area contributed by atoms with Crippen LogP contribution in [0, 0.1) is 6.92 Å². The molecule has 128 valence electrons. The van der Waals surface area contributed by atoms with Crippen LogP contribution in [-0.4, -0.2) is 38.8 Å². The van der Waals surface area contributed by atoms with Crippen LogP contribution in [0.2, 0.25) is 0 Å². The second kappa shape index (κ2) is 8.19. The van der Waals surface area contributed by atoms with E-state index >= 15 is 0 Å². The van der Waals surface area contributed by atoms with Crippen molar-refractivity contribution in [3.05, 3.63) is 47.3 Å². The Bertz CT molecular complexity index is 674. The van der Waals surface area contributed by atoms with Crippen LogP contribution in [0.4, 0.5) is 0 Å². The van der Waals surface area contributed by atoms with Gasteiger partial charge in [-0.3, -0.25) is 9.78 Å². The van der Waals surface area contributed by atoms with Gasteiger partial charge in [-0.2, -0.15) is 0 Å². The second-order valence-electron chi connectivity index (χ2n) is 5.23. The maximum absolute atomic E-state index is 12.3. The number of nitrogens with zero attached hydrogens (tertiary/aromatic N) is 1. The topological polar surface area (TPSA) is 69.7 Å². The Morgan fingerprint density at radius 2 is 1.75 bits per heavy atom. The van der Waals surface area contributed by atoms with Gasteiger partial charge >= 0.3 is 0 Å². The molecule has 0 spiro atoms. The number of methoxy groups -OCH3 is 3. The van der Waals surface area contributed by atoms with Gasteiger partial charge in [0, 0.05) is 24.0 Å². The molecule has 0 radical (unpaired) electrons. The van der Waals surface area contributed by atoms with Gasteiger partial charge in [0.05, 0.1) is 21.3 Å². The Kier molecular flexibility index (Phi) is 6.01. The molecule has 0 fully saturated rings. The van der Waals surface area contributed by atoms with Crippen molar-refractivity contribution in [2.24, 2.45) is 0 Å². The van der Waals surface area contributed by atoms with Crippen LogP contribution in [-0.2, 0) is 6.42 Å². The molecule has 0 saturated heterocycles. The Morgan fingerprint density at radius 3 is 2.25 bits per heavy atom. The van der Waals surface area contributed by atoms with Crippen molar-refractivity contribution in [2.45, 2.75) is 13.3 Å². The van der Waals surface area contributed by atoms with Crippen molar-refractivity contribution < 1.29 is 19.0 Å². The minimum atomic E-state index is -0.200. The van der Waals surface area contributed by atoms with Crippen LogP contribution < -0.4 is 19.5 Å². The zero-order valence-electron chi connectivity index (χ0n) is 14.4. The molecule has 1 amide bonds. The summed E-state index contributed by atoms with van der Waals surface area (Å²) < 4.78 is 15.8. The molecule has 1 heterocycles. The summed E-state index contributed by atoms with van der Waals surface area (Å²) in [5.41, 5.74) is 2.50. The van der Waals surface area contributed by atoms with Crippen LogP contribution in [0.1, 0.15) is 21.6 Å². The molecule has 2 rings (SSSR count). The average molecular weight is 330 g/mol. The zero-order valence-corrected chi connectivity index (χ0v) is 14.4. The lowest BCUT2D eigenvalue weighted by atomic mass is 10.1. The number of aromatic nitrogens is 1. The Morgan fingerprint density at radius 1 is 1.08 bits per heavy atom. The van der Waals surface area contributed by atoms with Crippen LogP contribution in [0.5, 0.6) is 17.2 Å². The summed E-state index contributed by atoms with van der Waals surface area (Å²) in [7, 11) is 4.56. The predicted molar refractivity (Wildman–Crippen MR) is 91.1 cm³/mol. The predicted octanol–water partition coefficient (Wildman–Crippen LogP) is 2.39. The second-order valence-corrected chi connectivity index (χ2v) is 5.23. The van der Waals surface area contributed by atoms with Crippen LogP contribution >= 0.6 is 0 Å². The lowest BCUT2D eigenvalue weighted by Gasteiger charge is -2.14. The summed E-state index contributed by atoms with van der Waals surface area (Å²) in [5.74, 6) is 1.16. The van der Waals surface area contributed by atoms with E-state index in [4.69, 9.17) is 14.2 Å². The molecule has 0 bridgehead atoms. The van der Waals surface area contributed by atoms with E-state index in [0.29, 0.717) is 35.8 Å². The fourth-order valence-corrected chi connectivity index (χ4v) is 2.28. The van der Waals surface area contributed by atoms with E-state index in [1.807, 2.05) is 25.3 Å². The number of hydrogen-bond acceptors (Lipinski definition) is 5. The summed E-state index contributed by atoms with van der Waals surface area (Å²) >= 11 is 0. The third kappa shape index (κ3) is 4.16. The number of carbonyl (C=O) groups excluding carboxylic acids is 1. The zero-order chi connectivity index (χ0) is 17.5. The van der Waals surface area contributed by atoms with E-state index in [1.165, 1.54) is 21.3 Å². The first-order valence-corrected chi connectivity index (χ1v) is 7.58. The number of ether oxygens (including phenoxy) is 3. The molecule has 6 heteroatoms. The van der Waals surface area contributed by atoms with Crippen molar-refractivity contribution in [1.82, 2.24) is 10.3 Å². The van der Waals surface area contributed by atoms with Gasteiger partial charge in [-0.05, 0) is 37.1 Å². The number of aryl methyl sites for hydroxylation is 1. The quantitative estimate of drug-likeness (QED) is 0.844. The molecule has 0 saturated carbocycles. The fraction of sp³-hybridized carbons (Fsp3) is 0.333. The molecule has 0 aliphatic rings. The summed E-state index contributed by atoms with van der Waals surface area (Å²) in [5, 5.41) is 2.88. The lowest BCUT2D eigenvalue weighted by Crippen LogP contribution is -2.25.